The number of aliphatic hydroxyl groups excluding tert-OH is 1. The summed E-state index contributed by atoms with van der Waals surface area (Å²) in [6.45, 7) is 0.753. The zero-order valence-electron chi connectivity index (χ0n) is 7.23. The lowest BCUT2D eigenvalue weighted by Crippen LogP contribution is -2.16. The largest absolute Gasteiger partial charge is 0.508 e. The zero-order chi connectivity index (χ0) is 9.26. The number of ether oxygens (including phenoxy) is 1. The Morgan fingerprint density at radius 2 is 2.31 bits per heavy atom. The van der Waals surface area contributed by atoms with E-state index < -0.39 is 0 Å². The fourth-order valence-electron chi connectivity index (χ4n) is 1.64. The SMILES string of the molecule is OCC1CCOc2ccc(O)cc21. The Hall–Kier alpha value is -1.22. The van der Waals surface area contributed by atoms with Gasteiger partial charge >= 0.3 is 0 Å². The minimum atomic E-state index is 0.107. The van der Waals surface area contributed by atoms with Crippen LogP contribution in [0.15, 0.2) is 18.2 Å². The van der Waals surface area contributed by atoms with Gasteiger partial charge in [0.25, 0.3) is 0 Å². The van der Waals surface area contributed by atoms with Gasteiger partial charge in [-0.1, -0.05) is 0 Å². The first-order valence-electron chi connectivity index (χ1n) is 4.38. The van der Waals surface area contributed by atoms with Crippen molar-refractivity contribution in [1.29, 1.82) is 0 Å². The molecule has 0 aliphatic carbocycles. The van der Waals surface area contributed by atoms with Gasteiger partial charge in [0.15, 0.2) is 0 Å². The van der Waals surface area contributed by atoms with E-state index in [2.05, 4.69) is 0 Å². The molecule has 1 heterocycles. The lowest BCUT2D eigenvalue weighted by atomic mass is 9.94. The number of hydrogen-bond acceptors (Lipinski definition) is 3. The number of rotatable bonds is 1. The van der Waals surface area contributed by atoms with Gasteiger partial charge in [0.05, 0.1) is 13.2 Å². The standard InChI is InChI=1S/C10H12O3/c11-6-7-3-4-13-10-2-1-8(12)5-9(7)10/h1-2,5,7,11-12H,3-4,6H2. The van der Waals surface area contributed by atoms with Crippen LogP contribution in [-0.4, -0.2) is 23.4 Å². The summed E-state index contributed by atoms with van der Waals surface area (Å²) in [4.78, 5) is 0. The maximum atomic E-state index is 9.26. The summed E-state index contributed by atoms with van der Waals surface area (Å²) in [6, 6.07) is 5.00. The van der Waals surface area contributed by atoms with E-state index in [0.717, 1.165) is 17.7 Å². The van der Waals surface area contributed by atoms with Crippen molar-refractivity contribution in [3.05, 3.63) is 23.8 Å². The van der Waals surface area contributed by atoms with Crippen LogP contribution in [0.4, 0.5) is 0 Å². The minimum absolute atomic E-state index is 0.107. The van der Waals surface area contributed by atoms with Crippen molar-refractivity contribution in [2.45, 2.75) is 12.3 Å². The summed E-state index contributed by atoms with van der Waals surface area (Å²) in [7, 11) is 0. The van der Waals surface area contributed by atoms with Crippen LogP contribution in [0.25, 0.3) is 0 Å². The van der Waals surface area contributed by atoms with Gasteiger partial charge in [0.1, 0.15) is 11.5 Å². The smallest absolute Gasteiger partial charge is 0.123 e. The van der Waals surface area contributed by atoms with Crippen molar-refractivity contribution in [3.63, 3.8) is 0 Å². The van der Waals surface area contributed by atoms with Crippen LogP contribution in [0.1, 0.15) is 17.9 Å². The molecule has 2 rings (SSSR count). The number of benzene rings is 1. The molecule has 3 nitrogen and oxygen atoms in total. The van der Waals surface area contributed by atoms with E-state index in [1.165, 1.54) is 0 Å². The van der Waals surface area contributed by atoms with Crippen LogP contribution in [0.5, 0.6) is 11.5 Å². The van der Waals surface area contributed by atoms with Crippen molar-refractivity contribution < 1.29 is 14.9 Å². The number of aliphatic hydroxyl groups is 1. The molecule has 1 aliphatic rings. The summed E-state index contributed by atoms with van der Waals surface area (Å²) in [5.74, 6) is 1.11. The minimum Gasteiger partial charge on any atom is -0.508 e. The Morgan fingerprint density at radius 1 is 1.46 bits per heavy atom. The van der Waals surface area contributed by atoms with Gasteiger partial charge in [-0.25, -0.2) is 0 Å². The second kappa shape index (κ2) is 3.26. The second-order valence-corrected chi connectivity index (χ2v) is 3.24. The van der Waals surface area contributed by atoms with E-state index in [4.69, 9.17) is 9.84 Å². The number of aromatic hydroxyl groups is 1. The van der Waals surface area contributed by atoms with E-state index in [-0.39, 0.29) is 18.3 Å². The van der Waals surface area contributed by atoms with Gasteiger partial charge in [0, 0.05) is 11.5 Å². The average molecular weight is 180 g/mol. The van der Waals surface area contributed by atoms with E-state index in [1.54, 1.807) is 18.2 Å². The molecule has 0 bridgehead atoms. The molecular weight excluding hydrogens is 168 g/mol. The molecule has 2 N–H and O–H groups in total. The lowest BCUT2D eigenvalue weighted by molar-refractivity contribution is 0.204. The molecule has 1 aliphatic heterocycles. The molecule has 0 aromatic heterocycles. The summed E-state index contributed by atoms with van der Waals surface area (Å²) in [6.07, 6.45) is 0.812. The maximum Gasteiger partial charge on any atom is 0.123 e. The molecule has 0 saturated heterocycles. The average Bonchev–Trinajstić information content (AvgIpc) is 2.17. The molecule has 1 aromatic carbocycles. The van der Waals surface area contributed by atoms with E-state index >= 15 is 0 Å². The number of fused-ring (bicyclic) bond motifs is 1. The lowest BCUT2D eigenvalue weighted by Gasteiger charge is -2.24. The van der Waals surface area contributed by atoms with E-state index in [1.807, 2.05) is 0 Å². The molecule has 1 atom stereocenters. The molecular formula is C10H12O3. The van der Waals surface area contributed by atoms with Crippen LogP contribution in [0.2, 0.25) is 0 Å². The third kappa shape index (κ3) is 1.47. The Balaban J connectivity index is 2.41. The normalized spacial score (nSPS) is 20.5. The predicted octanol–water partition coefficient (Wildman–Crippen LogP) is 1.25. The van der Waals surface area contributed by atoms with Crippen LogP contribution >= 0.6 is 0 Å². The quantitative estimate of drug-likeness (QED) is 0.683. The fourth-order valence-corrected chi connectivity index (χ4v) is 1.64. The number of phenols is 1. The Bertz CT molecular complexity index is 309. The monoisotopic (exact) mass is 180 g/mol. The second-order valence-electron chi connectivity index (χ2n) is 3.24. The maximum absolute atomic E-state index is 9.26. The van der Waals surface area contributed by atoms with Gasteiger partial charge in [-0.2, -0.15) is 0 Å². The van der Waals surface area contributed by atoms with Crippen LogP contribution in [-0.2, 0) is 0 Å². The van der Waals surface area contributed by atoms with Gasteiger partial charge in [-0.05, 0) is 24.6 Å². The van der Waals surface area contributed by atoms with Crippen molar-refractivity contribution in [2.75, 3.05) is 13.2 Å². The van der Waals surface area contributed by atoms with Crippen LogP contribution in [0, 0.1) is 0 Å². The molecule has 0 spiro atoms. The zero-order valence-corrected chi connectivity index (χ0v) is 7.23. The molecule has 3 heteroatoms. The molecule has 0 radical (unpaired) electrons. The summed E-state index contributed by atoms with van der Waals surface area (Å²) in [5, 5.41) is 18.4. The van der Waals surface area contributed by atoms with Crippen molar-refractivity contribution >= 4 is 0 Å². The van der Waals surface area contributed by atoms with Gasteiger partial charge in [0.2, 0.25) is 0 Å². The molecule has 0 saturated carbocycles. The third-order valence-corrected chi connectivity index (χ3v) is 2.38. The van der Waals surface area contributed by atoms with Crippen LogP contribution in [0.3, 0.4) is 0 Å². The number of hydrogen-bond donors (Lipinski definition) is 2. The molecule has 1 unspecified atom stereocenters. The molecule has 70 valence electrons. The molecule has 0 amide bonds. The molecule has 1 aromatic rings. The van der Waals surface area contributed by atoms with Crippen molar-refractivity contribution in [2.24, 2.45) is 0 Å². The van der Waals surface area contributed by atoms with Gasteiger partial charge in [-0.15, -0.1) is 0 Å². The Labute approximate surface area is 76.6 Å². The topological polar surface area (TPSA) is 49.7 Å². The molecule has 13 heavy (non-hydrogen) atoms. The van der Waals surface area contributed by atoms with Crippen LogP contribution < -0.4 is 4.74 Å². The Morgan fingerprint density at radius 3 is 3.08 bits per heavy atom. The first-order valence-corrected chi connectivity index (χ1v) is 4.38. The van der Waals surface area contributed by atoms with Gasteiger partial charge in [-0.3, -0.25) is 0 Å². The highest BCUT2D eigenvalue weighted by molar-refractivity contribution is 5.43. The summed E-state index contributed by atoms with van der Waals surface area (Å²) < 4.78 is 5.39. The summed E-state index contributed by atoms with van der Waals surface area (Å²) >= 11 is 0. The fraction of sp³-hybridized carbons (Fsp3) is 0.400. The van der Waals surface area contributed by atoms with Gasteiger partial charge < -0.3 is 14.9 Å². The highest BCUT2D eigenvalue weighted by Crippen LogP contribution is 2.35. The summed E-state index contributed by atoms with van der Waals surface area (Å²) in [5.41, 5.74) is 0.911. The first-order chi connectivity index (χ1) is 6.31. The highest BCUT2D eigenvalue weighted by Gasteiger charge is 2.20. The Kier molecular flexibility index (Phi) is 2.10. The predicted molar refractivity (Wildman–Crippen MR) is 48.0 cm³/mol. The van der Waals surface area contributed by atoms with Crippen molar-refractivity contribution in [3.8, 4) is 11.5 Å². The highest BCUT2D eigenvalue weighted by atomic mass is 16.5. The third-order valence-electron chi connectivity index (χ3n) is 2.38. The molecule has 0 fully saturated rings. The first kappa shape index (κ1) is 8.38. The van der Waals surface area contributed by atoms with E-state index in [9.17, 15) is 5.11 Å². The number of phenolic OH excluding ortho intramolecular Hbond substituents is 1. The van der Waals surface area contributed by atoms with Crippen molar-refractivity contribution in [1.82, 2.24) is 0 Å². The van der Waals surface area contributed by atoms with E-state index in [0.29, 0.717) is 6.61 Å².